The lowest BCUT2D eigenvalue weighted by atomic mass is 10.0. The van der Waals surface area contributed by atoms with E-state index in [2.05, 4.69) is 0 Å². The monoisotopic (exact) mass is 359 g/mol. The fourth-order valence-corrected chi connectivity index (χ4v) is 2.42. The molecule has 0 N–H and O–H groups in total. The molecule has 0 spiro atoms. The molecule has 7 nitrogen and oxygen atoms in total. The van der Waals surface area contributed by atoms with Gasteiger partial charge in [0.05, 0.1) is 24.7 Å². The third kappa shape index (κ3) is 4.30. The molecule has 2 aromatic rings. The van der Waals surface area contributed by atoms with Gasteiger partial charge < -0.3 is 14.2 Å². The number of methoxy groups -OCH3 is 1. The fraction of sp³-hybridized carbons (Fsp3) is 0.316. The zero-order chi connectivity index (χ0) is 19.1. The maximum Gasteiger partial charge on any atom is 0.348 e. The minimum absolute atomic E-state index is 0.00370. The average molecular weight is 359 g/mol. The molecular formula is C19H21NO6. The number of carbonyl (C=O) groups excluding carboxylic acids is 1. The number of ether oxygens (including phenoxy) is 3. The lowest BCUT2D eigenvalue weighted by Gasteiger charge is -2.16. The molecule has 0 saturated carbocycles. The number of nitrogens with zero attached hydrogens (tertiary/aromatic N) is 1. The second-order valence-corrected chi connectivity index (χ2v) is 5.59. The van der Waals surface area contributed by atoms with Crippen molar-refractivity contribution in [3.05, 3.63) is 57.6 Å². The summed E-state index contributed by atoms with van der Waals surface area (Å²) in [6.45, 7) is 3.87. The number of benzene rings is 2. The van der Waals surface area contributed by atoms with E-state index in [1.807, 2.05) is 6.92 Å². The van der Waals surface area contributed by atoms with Crippen molar-refractivity contribution < 1.29 is 23.9 Å². The Bertz CT molecular complexity index is 788. The Labute approximate surface area is 151 Å². The number of carbonyl (C=O) groups is 1. The number of nitro groups is 1. The van der Waals surface area contributed by atoms with Crippen LogP contribution in [0.3, 0.4) is 0 Å². The van der Waals surface area contributed by atoms with E-state index in [1.165, 1.54) is 13.2 Å². The normalized spacial score (nSPS) is 10.3. The van der Waals surface area contributed by atoms with Gasteiger partial charge in [0.15, 0.2) is 0 Å². The van der Waals surface area contributed by atoms with Crippen molar-refractivity contribution in [2.24, 2.45) is 0 Å². The van der Waals surface area contributed by atoms with Crippen molar-refractivity contribution in [2.75, 3.05) is 13.7 Å². The molecule has 0 atom stereocenters. The topological polar surface area (TPSA) is 87.9 Å². The van der Waals surface area contributed by atoms with E-state index in [4.69, 9.17) is 14.2 Å². The van der Waals surface area contributed by atoms with Gasteiger partial charge in [0.2, 0.25) is 5.75 Å². The van der Waals surface area contributed by atoms with E-state index >= 15 is 0 Å². The van der Waals surface area contributed by atoms with Crippen molar-refractivity contribution in [3.63, 3.8) is 0 Å². The molecule has 0 aliphatic rings. The third-order valence-electron chi connectivity index (χ3n) is 3.79. The van der Waals surface area contributed by atoms with Gasteiger partial charge in [-0.05, 0) is 25.5 Å². The second-order valence-electron chi connectivity index (χ2n) is 5.59. The first-order chi connectivity index (χ1) is 12.5. The van der Waals surface area contributed by atoms with Gasteiger partial charge in [-0.15, -0.1) is 0 Å². The maximum atomic E-state index is 12.8. The second kappa shape index (κ2) is 8.84. The van der Waals surface area contributed by atoms with Crippen LogP contribution in [0.25, 0.3) is 0 Å². The zero-order valence-electron chi connectivity index (χ0n) is 15.0. The average Bonchev–Trinajstić information content (AvgIpc) is 2.62. The van der Waals surface area contributed by atoms with Crippen molar-refractivity contribution in [1.29, 1.82) is 0 Å². The molecule has 0 fully saturated rings. The Morgan fingerprint density at radius 1 is 1.23 bits per heavy atom. The predicted octanol–water partition coefficient (Wildman–Crippen LogP) is 4.31. The van der Waals surface area contributed by atoms with Crippen LogP contribution in [0.2, 0.25) is 0 Å². The van der Waals surface area contributed by atoms with E-state index in [0.717, 1.165) is 6.42 Å². The SMILES string of the molecule is CCCCOc1c([N+](=O)[O-])cc(OC)c(C)c1C(=O)Oc1ccccc1. The summed E-state index contributed by atoms with van der Waals surface area (Å²) < 4.78 is 16.2. The van der Waals surface area contributed by atoms with Gasteiger partial charge >= 0.3 is 11.7 Å². The minimum atomic E-state index is -0.734. The van der Waals surface area contributed by atoms with Crippen LogP contribution in [0.4, 0.5) is 5.69 Å². The molecule has 26 heavy (non-hydrogen) atoms. The van der Waals surface area contributed by atoms with E-state index in [1.54, 1.807) is 37.3 Å². The number of para-hydroxylation sites is 1. The van der Waals surface area contributed by atoms with E-state index in [0.29, 0.717) is 17.7 Å². The van der Waals surface area contributed by atoms with Crippen LogP contribution in [0, 0.1) is 17.0 Å². The Kier molecular flexibility index (Phi) is 6.54. The number of nitro benzene ring substituents is 1. The van der Waals surface area contributed by atoms with Crippen LogP contribution < -0.4 is 14.2 Å². The van der Waals surface area contributed by atoms with Crippen molar-refractivity contribution >= 4 is 11.7 Å². The highest BCUT2D eigenvalue weighted by atomic mass is 16.6. The number of rotatable bonds is 8. The van der Waals surface area contributed by atoms with E-state index < -0.39 is 10.9 Å². The summed E-state index contributed by atoms with van der Waals surface area (Å²) in [7, 11) is 1.38. The summed E-state index contributed by atoms with van der Waals surface area (Å²) in [5.74, 6) is -0.272. The van der Waals surface area contributed by atoms with Gasteiger partial charge in [0.1, 0.15) is 17.1 Å². The smallest absolute Gasteiger partial charge is 0.348 e. The standard InChI is InChI=1S/C19H21NO6/c1-4-5-11-25-18-15(20(22)23)12-16(24-3)13(2)17(18)19(21)26-14-9-7-6-8-10-14/h6-10,12H,4-5,11H2,1-3H3. The maximum absolute atomic E-state index is 12.8. The molecule has 0 radical (unpaired) electrons. The van der Waals surface area contributed by atoms with Crippen LogP contribution in [-0.2, 0) is 0 Å². The number of hydrogen-bond donors (Lipinski definition) is 0. The number of esters is 1. The lowest BCUT2D eigenvalue weighted by Crippen LogP contribution is -2.15. The first-order valence-corrected chi connectivity index (χ1v) is 8.25. The van der Waals surface area contributed by atoms with Gasteiger partial charge in [-0.2, -0.15) is 0 Å². The molecule has 0 bridgehead atoms. The molecule has 0 aliphatic heterocycles. The van der Waals surface area contributed by atoms with Gasteiger partial charge in [-0.1, -0.05) is 31.5 Å². The first-order valence-electron chi connectivity index (χ1n) is 8.25. The van der Waals surface area contributed by atoms with E-state index in [-0.39, 0.29) is 29.4 Å². The first kappa shape index (κ1) is 19.2. The Morgan fingerprint density at radius 3 is 2.50 bits per heavy atom. The molecule has 2 aromatic carbocycles. The van der Waals surface area contributed by atoms with Crippen molar-refractivity contribution in [2.45, 2.75) is 26.7 Å². The summed E-state index contributed by atoms with van der Waals surface area (Å²) in [5, 5.41) is 11.5. The zero-order valence-corrected chi connectivity index (χ0v) is 15.0. The summed E-state index contributed by atoms with van der Waals surface area (Å²) in [6.07, 6.45) is 1.56. The van der Waals surface area contributed by atoms with Crippen LogP contribution in [0.5, 0.6) is 17.2 Å². The highest BCUT2D eigenvalue weighted by molar-refractivity contribution is 5.98. The summed E-state index contributed by atoms with van der Waals surface area (Å²) in [4.78, 5) is 23.6. The molecule has 0 amide bonds. The number of hydrogen-bond acceptors (Lipinski definition) is 6. The van der Waals surface area contributed by atoms with Gasteiger partial charge in [0.25, 0.3) is 0 Å². The molecule has 2 rings (SSSR count). The molecule has 7 heteroatoms. The quantitative estimate of drug-likeness (QED) is 0.229. The minimum Gasteiger partial charge on any atom is -0.496 e. The largest absolute Gasteiger partial charge is 0.496 e. The lowest BCUT2D eigenvalue weighted by molar-refractivity contribution is -0.386. The van der Waals surface area contributed by atoms with Gasteiger partial charge in [-0.3, -0.25) is 10.1 Å². The fourth-order valence-electron chi connectivity index (χ4n) is 2.42. The molecule has 0 unspecified atom stereocenters. The van der Waals surface area contributed by atoms with Crippen LogP contribution in [0.15, 0.2) is 36.4 Å². The van der Waals surface area contributed by atoms with Crippen molar-refractivity contribution in [3.8, 4) is 17.2 Å². The Hall–Kier alpha value is -3.09. The molecule has 0 aliphatic carbocycles. The summed E-state index contributed by atoms with van der Waals surface area (Å²) in [6, 6.07) is 9.75. The Morgan fingerprint density at radius 2 is 1.92 bits per heavy atom. The Balaban J connectivity index is 2.53. The van der Waals surface area contributed by atoms with Crippen molar-refractivity contribution in [1.82, 2.24) is 0 Å². The van der Waals surface area contributed by atoms with Crippen LogP contribution >= 0.6 is 0 Å². The molecular weight excluding hydrogens is 338 g/mol. The molecule has 0 aromatic heterocycles. The summed E-state index contributed by atoms with van der Waals surface area (Å²) in [5.41, 5.74) is 0.0881. The summed E-state index contributed by atoms with van der Waals surface area (Å²) >= 11 is 0. The van der Waals surface area contributed by atoms with E-state index in [9.17, 15) is 14.9 Å². The van der Waals surface area contributed by atoms with Gasteiger partial charge in [0, 0.05) is 5.56 Å². The van der Waals surface area contributed by atoms with Gasteiger partial charge in [-0.25, -0.2) is 4.79 Å². The third-order valence-corrected chi connectivity index (χ3v) is 3.79. The molecule has 138 valence electrons. The highest BCUT2D eigenvalue weighted by Gasteiger charge is 2.30. The molecule has 0 heterocycles. The highest BCUT2D eigenvalue weighted by Crippen LogP contribution is 2.39. The number of unbranched alkanes of at least 4 members (excludes halogenated alkanes) is 1. The molecule has 0 saturated heterocycles. The van der Waals surface area contributed by atoms with Crippen LogP contribution in [-0.4, -0.2) is 24.6 Å². The van der Waals surface area contributed by atoms with Crippen LogP contribution in [0.1, 0.15) is 35.7 Å². The predicted molar refractivity (Wildman–Crippen MR) is 96.2 cm³/mol.